The van der Waals surface area contributed by atoms with Gasteiger partial charge in [-0.05, 0) is 12.1 Å². The fraction of sp³-hybridized carbons (Fsp3) is 0.364. The van der Waals surface area contributed by atoms with Crippen LogP contribution in [0.5, 0.6) is 5.75 Å². The van der Waals surface area contributed by atoms with Gasteiger partial charge in [-0.1, -0.05) is 0 Å². The molecule has 0 atom stereocenters. The zero-order valence-corrected chi connectivity index (χ0v) is 10.1. The minimum absolute atomic E-state index is 0.303. The number of nitrogens with two attached hydrogens (primary N) is 1. The maximum atomic E-state index is 11.8. The van der Waals surface area contributed by atoms with Gasteiger partial charge in [0.1, 0.15) is 19.0 Å². The van der Waals surface area contributed by atoms with E-state index in [1.807, 2.05) is 0 Å². The Morgan fingerprint density at radius 1 is 1.42 bits per heavy atom. The van der Waals surface area contributed by atoms with Crippen molar-refractivity contribution < 1.29 is 27.4 Å². The minimum Gasteiger partial charge on any atom is -0.494 e. The third-order valence-electron chi connectivity index (χ3n) is 2.00. The van der Waals surface area contributed by atoms with E-state index in [1.165, 1.54) is 25.3 Å². The molecule has 0 radical (unpaired) electrons. The zero-order valence-electron chi connectivity index (χ0n) is 10.1. The average Bonchev–Trinajstić information content (AvgIpc) is 2.29. The molecule has 0 saturated heterocycles. The smallest absolute Gasteiger partial charge is 0.411 e. The third-order valence-corrected chi connectivity index (χ3v) is 2.00. The van der Waals surface area contributed by atoms with Gasteiger partial charge in [0.2, 0.25) is 5.91 Å². The number of rotatable bonds is 5. The summed E-state index contributed by atoms with van der Waals surface area (Å²) in [5.41, 5.74) is 6.26. The number of hydrogen-bond acceptors (Lipinski definition) is 4. The van der Waals surface area contributed by atoms with Gasteiger partial charge in [-0.25, -0.2) is 0 Å². The van der Waals surface area contributed by atoms with Gasteiger partial charge >= 0.3 is 6.18 Å². The predicted molar refractivity (Wildman–Crippen MR) is 62.9 cm³/mol. The van der Waals surface area contributed by atoms with E-state index in [9.17, 15) is 18.0 Å². The second-order valence-electron chi connectivity index (χ2n) is 3.62. The first-order valence-corrected chi connectivity index (χ1v) is 5.19. The van der Waals surface area contributed by atoms with E-state index in [2.05, 4.69) is 10.1 Å². The first-order valence-electron chi connectivity index (χ1n) is 5.19. The maximum Gasteiger partial charge on any atom is 0.411 e. The number of amides is 1. The van der Waals surface area contributed by atoms with Crippen LogP contribution in [0, 0.1) is 0 Å². The number of halogens is 3. The normalized spacial score (nSPS) is 11.2. The number of carbonyl (C=O) groups excluding carboxylic acids is 1. The minimum atomic E-state index is -4.46. The van der Waals surface area contributed by atoms with Crippen molar-refractivity contribution in [2.75, 3.05) is 31.4 Å². The largest absolute Gasteiger partial charge is 0.494 e. The summed E-state index contributed by atoms with van der Waals surface area (Å²) in [6, 6.07) is 4.48. The van der Waals surface area contributed by atoms with Gasteiger partial charge in [-0.15, -0.1) is 0 Å². The Hall–Kier alpha value is -1.96. The van der Waals surface area contributed by atoms with Gasteiger partial charge < -0.3 is 20.5 Å². The lowest BCUT2D eigenvalue weighted by Crippen LogP contribution is -2.24. The number of benzene rings is 1. The number of methoxy groups -OCH3 is 1. The summed E-state index contributed by atoms with van der Waals surface area (Å²) in [6.07, 6.45) is -4.46. The van der Waals surface area contributed by atoms with Gasteiger partial charge in [0.05, 0.1) is 12.8 Å². The van der Waals surface area contributed by atoms with Crippen LogP contribution in [0.15, 0.2) is 18.2 Å². The highest BCUT2D eigenvalue weighted by molar-refractivity contribution is 5.93. The summed E-state index contributed by atoms with van der Waals surface area (Å²) >= 11 is 0. The van der Waals surface area contributed by atoms with Crippen LogP contribution in [0.2, 0.25) is 0 Å². The first kappa shape index (κ1) is 15.1. The van der Waals surface area contributed by atoms with E-state index in [0.717, 1.165) is 0 Å². The van der Waals surface area contributed by atoms with E-state index in [-0.39, 0.29) is 0 Å². The first-order chi connectivity index (χ1) is 8.81. The van der Waals surface area contributed by atoms with Gasteiger partial charge in [-0.2, -0.15) is 13.2 Å². The second-order valence-corrected chi connectivity index (χ2v) is 3.62. The lowest BCUT2D eigenvalue weighted by atomic mass is 10.2. The number of carbonyl (C=O) groups is 1. The molecule has 5 nitrogen and oxygen atoms in total. The highest BCUT2D eigenvalue weighted by atomic mass is 19.4. The Labute approximate surface area is 107 Å². The van der Waals surface area contributed by atoms with E-state index in [1.54, 1.807) is 0 Å². The van der Waals surface area contributed by atoms with Crippen LogP contribution < -0.4 is 15.8 Å². The third kappa shape index (κ3) is 5.47. The molecule has 8 heteroatoms. The van der Waals surface area contributed by atoms with E-state index in [4.69, 9.17) is 10.5 Å². The number of anilines is 2. The molecule has 1 amide bonds. The van der Waals surface area contributed by atoms with Crippen LogP contribution in [-0.2, 0) is 9.53 Å². The molecular weight excluding hydrogens is 265 g/mol. The second kappa shape index (κ2) is 6.28. The monoisotopic (exact) mass is 278 g/mol. The van der Waals surface area contributed by atoms with Crippen LogP contribution in [-0.4, -0.2) is 32.4 Å². The fourth-order valence-corrected chi connectivity index (χ4v) is 1.26. The van der Waals surface area contributed by atoms with Crippen molar-refractivity contribution in [2.24, 2.45) is 0 Å². The SMILES string of the molecule is COc1cc(N)ccc1NC(=O)COCC(F)(F)F. The van der Waals surface area contributed by atoms with Gasteiger partial charge in [0.15, 0.2) is 0 Å². The average molecular weight is 278 g/mol. The van der Waals surface area contributed by atoms with Crippen molar-refractivity contribution in [1.82, 2.24) is 0 Å². The standard InChI is InChI=1S/C11H13F3N2O3/c1-18-9-4-7(15)2-3-8(9)16-10(17)5-19-6-11(12,13)14/h2-4H,5-6,15H2,1H3,(H,16,17). The van der Waals surface area contributed by atoms with Crippen LogP contribution >= 0.6 is 0 Å². The van der Waals surface area contributed by atoms with Crippen LogP contribution in [0.1, 0.15) is 0 Å². The Morgan fingerprint density at radius 2 is 2.11 bits per heavy atom. The van der Waals surface area contributed by atoms with Crippen molar-refractivity contribution in [3.8, 4) is 5.75 Å². The molecule has 1 aromatic rings. The zero-order chi connectivity index (χ0) is 14.5. The molecule has 0 heterocycles. The van der Waals surface area contributed by atoms with Crippen LogP contribution in [0.25, 0.3) is 0 Å². The number of nitrogen functional groups attached to an aromatic ring is 1. The number of ether oxygens (including phenoxy) is 2. The number of nitrogens with one attached hydrogen (secondary N) is 1. The topological polar surface area (TPSA) is 73.6 Å². The Morgan fingerprint density at radius 3 is 2.68 bits per heavy atom. The lowest BCUT2D eigenvalue weighted by Gasteiger charge is -2.11. The number of hydrogen-bond donors (Lipinski definition) is 2. The van der Waals surface area contributed by atoms with E-state index in [0.29, 0.717) is 17.1 Å². The van der Waals surface area contributed by atoms with Gasteiger partial charge in [-0.3, -0.25) is 4.79 Å². The van der Waals surface area contributed by atoms with Gasteiger partial charge in [0.25, 0.3) is 0 Å². The molecule has 0 unspecified atom stereocenters. The molecule has 1 aromatic carbocycles. The molecule has 0 fully saturated rings. The summed E-state index contributed by atoms with van der Waals surface area (Å²) in [4.78, 5) is 11.4. The van der Waals surface area contributed by atoms with Crippen LogP contribution in [0.4, 0.5) is 24.5 Å². The quantitative estimate of drug-likeness (QED) is 0.805. The summed E-state index contributed by atoms with van der Waals surface area (Å²) in [5.74, 6) is -0.406. The summed E-state index contributed by atoms with van der Waals surface area (Å²) in [5, 5.41) is 2.36. The molecule has 0 aliphatic rings. The lowest BCUT2D eigenvalue weighted by molar-refractivity contribution is -0.174. The molecule has 1 rings (SSSR count). The molecule has 3 N–H and O–H groups in total. The molecule has 0 aliphatic heterocycles. The van der Waals surface area contributed by atoms with Crippen molar-refractivity contribution in [2.45, 2.75) is 6.18 Å². The predicted octanol–water partition coefficient (Wildman–Crippen LogP) is 1.79. The summed E-state index contributed by atoms with van der Waals surface area (Å²) < 4.78 is 44.6. The van der Waals surface area contributed by atoms with E-state index < -0.39 is 25.3 Å². The molecule has 19 heavy (non-hydrogen) atoms. The molecule has 0 spiro atoms. The molecule has 106 valence electrons. The van der Waals surface area contributed by atoms with E-state index >= 15 is 0 Å². The number of alkyl halides is 3. The van der Waals surface area contributed by atoms with Crippen molar-refractivity contribution in [3.63, 3.8) is 0 Å². The molecular formula is C11H13F3N2O3. The van der Waals surface area contributed by atoms with Crippen molar-refractivity contribution >= 4 is 17.3 Å². The Bertz CT molecular complexity index is 449. The molecule has 0 aliphatic carbocycles. The Kier molecular flexibility index (Phi) is 4.99. The molecule has 0 aromatic heterocycles. The van der Waals surface area contributed by atoms with Crippen molar-refractivity contribution in [1.29, 1.82) is 0 Å². The van der Waals surface area contributed by atoms with Crippen LogP contribution in [0.3, 0.4) is 0 Å². The Balaban J connectivity index is 2.53. The molecule has 0 saturated carbocycles. The summed E-state index contributed by atoms with van der Waals surface area (Å²) in [7, 11) is 1.38. The van der Waals surface area contributed by atoms with Gasteiger partial charge in [0, 0.05) is 11.8 Å². The molecule has 0 bridgehead atoms. The van der Waals surface area contributed by atoms with Crippen molar-refractivity contribution in [3.05, 3.63) is 18.2 Å². The fourth-order valence-electron chi connectivity index (χ4n) is 1.26. The highest BCUT2D eigenvalue weighted by Gasteiger charge is 2.27. The summed E-state index contributed by atoms with van der Waals surface area (Å²) in [6.45, 7) is -2.17. The highest BCUT2D eigenvalue weighted by Crippen LogP contribution is 2.26. The maximum absolute atomic E-state index is 11.8.